The molecule has 0 bridgehead atoms. The quantitative estimate of drug-likeness (QED) is 0.552. The van der Waals surface area contributed by atoms with Crippen LogP contribution in [0.3, 0.4) is 0 Å². The maximum atomic E-state index is 11.9. The van der Waals surface area contributed by atoms with E-state index in [9.17, 15) is 19.5 Å². The molecule has 9 heteroatoms. The topological polar surface area (TPSA) is 131 Å². The van der Waals surface area contributed by atoms with Crippen molar-refractivity contribution in [3.63, 3.8) is 0 Å². The van der Waals surface area contributed by atoms with Crippen LogP contribution in [0.4, 0.5) is 0 Å². The van der Waals surface area contributed by atoms with Gasteiger partial charge in [0.2, 0.25) is 0 Å². The fourth-order valence-electron chi connectivity index (χ4n) is 2.49. The number of hydrogen-bond donors (Lipinski definition) is 3. The van der Waals surface area contributed by atoms with Crippen LogP contribution in [0.5, 0.6) is 0 Å². The molecule has 2 heterocycles. The summed E-state index contributed by atoms with van der Waals surface area (Å²) in [6, 6.07) is 0. The van der Waals surface area contributed by atoms with E-state index in [2.05, 4.69) is 9.72 Å². The number of methoxy groups -OCH3 is 1. The second-order valence-corrected chi connectivity index (χ2v) is 5.37. The minimum Gasteiger partial charge on any atom is -0.469 e. The second kappa shape index (κ2) is 7.53. The van der Waals surface area contributed by atoms with Crippen molar-refractivity contribution in [1.29, 1.82) is 0 Å². The van der Waals surface area contributed by atoms with Gasteiger partial charge in [0.05, 0.1) is 19.8 Å². The Morgan fingerprint density at radius 3 is 2.87 bits per heavy atom. The van der Waals surface area contributed by atoms with E-state index >= 15 is 0 Å². The fourth-order valence-corrected chi connectivity index (χ4v) is 2.49. The molecule has 23 heavy (non-hydrogen) atoms. The molecule has 3 atom stereocenters. The number of ether oxygens (including phenoxy) is 2. The van der Waals surface area contributed by atoms with Gasteiger partial charge < -0.3 is 19.7 Å². The molecular formula is C14H20N2O7. The molecule has 0 radical (unpaired) electrons. The van der Waals surface area contributed by atoms with Gasteiger partial charge in [0.25, 0.3) is 5.56 Å². The maximum absolute atomic E-state index is 11.9. The smallest absolute Gasteiger partial charge is 0.330 e. The van der Waals surface area contributed by atoms with Crippen LogP contribution in [0.2, 0.25) is 0 Å². The highest BCUT2D eigenvalue weighted by atomic mass is 16.5. The molecular weight excluding hydrogens is 308 g/mol. The van der Waals surface area contributed by atoms with Gasteiger partial charge in [0, 0.05) is 24.6 Å². The molecule has 1 aliphatic rings. The zero-order valence-electron chi connectivity index (χ0n) is 12.7. The summed E-state index contributed by atoms with van der Waals surface area (Å²) in [6.07, 6.45) is -0.0292. The van der Waals surface area contributed by atoms with Gasteiger partial charge in [-0.1, -0.05) is 0 Å². The molecule has 0 unspecified atom stereocenters. The predicted molar refractivity (Wildman–Crippen MR) is 77.9 cm³/mol. The lowest BCUT2D eigenvalue weighted by molar-refractivity contribution is -0.140. The van der Waals surface area contributed by atoms with E-state index < -0.39 is 29.7 Å². The minimum absolute atomic E-state index is 0.138. The Bertz CT molecular complexity index is 666. The van der Waals surface area contributed by atoms with Crippen molar-refractivity contribution in [3.05, 3.63) is 32.6 Å². The molecule has 1 aromatic heterocycles. The first kappa shape index (κ1) is 17.4. The number of rotatable bonds is 6. The molecule has 1 fully saturated rings. The number of carbonyl (C=O) groups is 1. The van der Waals surface area contributed by atoms with Gasteiger partial charge in [0.15, 0.2) is 0 Å². The van der Waals surface area contributed by atoms with Gasteiger partial charge in [-0.2, -0.15) is 0 Å². The Hall–Kier alpha value is -1.97. The summed E-state index contributed by atoms with van der Waals surface area (Å²) in [5.41, 5.74) is -0.838. The summed E-state index contributed by atoms with van der Waals surface area (Å²) < 4.78 is 11.1. The van der Waals surface area contributed by atoms with Gasteiger partial charge in [-0.15, -0.1) is 0 Å². The van der Waals surface area contributed by atoms with Gasteiger partial charge in [-0.3, -0.25) is 19.1 Å². The number of H-pyrrole nitrogens is 1. The van der Waals surface area contributed by atoms with E-state index in [0.29, 0.717) is 18.4 Å². The first-order valence-electron chi connectivity index (χ1n) is 7.31. The van der Waals surface area contributed by atoms with E-state index in [1.165, 1.54) is 17.9 Å². The molecule has 3 N–H and O–H groups in total. The molecule has 2 rings (SSSR count). The fraction of sp³-hybridized carbons (Fsp3) is 0.643. The summed E-state index contributed by atoms with van der Waals surface area (Å²) >= 11 is 0. The highest BCUT2D eigenvalue weighted by Gasteiger charge is 2.35. The van der Waals surface area contributed by atoms with Gasteiger partial charge in [0.1, 0.15) is 12.3 Å². The number of aliphatic hydroxyl groups is 2. The lowest BCUT2D eigenvalue weighted by Crippen LogP contribution is -2.34. The van der Waals surface area contributed by atoms with Crippen LogP contribution in [0.25, 0.3) is 0 Å². The summed E-state index contributed by atoms with van der Waals surface area (Å²) in [7, 11) is 1.29. The molecule has 9 nitrogen and oxygen atoms in total. The number of aliphatic hydroxyl groups excluding tert-OH is 2. The molecule has 128 valence electrons. The highest BCUT2D eigenvalue weighted by Crippen LogP contribution is 2.27. The van der Waals surface area contributed by atoms with Crippen LogP contribution in [-0.4, -0.2) is 51.7 Å². The third-order valence-electron chi connectivity index (χ3n) is 3.79. The Balaban J connectivity index is 2.15. The van der Waals surface area contributed by atoms with E-state index in [4.69, 9.17) is 9.84 Å². The number of nitrogens with one attached hydrogen (secondary N) is 1. The van der Waals surface area contributed by atoms with Crippen molar-refractivity contribution in [1.82, 2.24) is 9.55 Å². The number of aromatic nitrogens is 2. The number of esters is 1. The minimum atomic E-state index is -0.883. The zero-order chi connectivity index (χ0) is 17.0. The third-order valence-corrected chi connectivity index (χ3v) is 3.79. The van der Waals surface area contributed by atoms with E-state index in [1.807, 2.05) is 0 Å². The normalized spacial score (nSPS) is 23.9. The molecule has 1 aliphatic heterocycles. The predicted octanol–water partition coefficient (Wildman–Crippen LogP) is -1.33. The second-order valence-electron chi connectivity index (χ2n) is 5.37. The Morgan fingerprint density at radius 1 is 1.52 bits per heavy atom. The lowest BCUT2D eigenvalue weighted by atomic mass is 10.1. The van der Waals surface area contributed by atoms with E-state index in [0.717, 1.165) is 0 Å². The Morgan fingerprint density at radius 2 is 2.26 bits per heavy atom. The van der Waals surface area contributed by atoms with Crippen molar-refractivity contribution in [2.75, 3.05) is 13.7 Å². The molecule has 0 spiro atoms. The standard InChI is InChI=1S/C14H20N2O7/c1-22-12(19)4-2-3-8-6-16(14(21)15-13(8)20)11-5-9(18)10(7-17)23-11/h6,9-11,17-18H,2-5,7H2,1H3,(H,15,20,21)/t9-,10+,11+/m0/s1. The van der Waals surface area contributed by atoms with E-state index in [-0.39, 0.29) is 25.4 Å². The summed E-state index contributed by atoms with van der Waals surface area (Å²) in [4.78, 5) is 37.0. The Labute approximate surface area is 131 Å². The van der Waals surface area contributed by atoms with Crippen molar-refractivity contribution < 1.29 is 24.5 Å². The van der Waals surface area contributed by atoms with Crippen LogP contribution >= 0.6 is 0 Å². The summed E-state index contributed by atoms with van der Waals surface area (Å²) in [5, 5.41) is 18.8. The van der Waals surface area contributed by atoms with Gasteiger partial charge in [-0.05, 0) is 12.8 Å². The Kier molecular flexibility index (Phi) is 5.69. The number of carbonyl (C=O) groups excluding carboxylic acids is 1. The average molecular weight is 328 g/mol. The van der Waals surface area contributed by atoms with Crippen molar-refractivity contribution in [3.8, 4) is 0 Å². The van der Waals surface area contributed by atoms with Crippen molar-refractivity contribution in [2.24, 2.45) is 0 Å². The lowest BCUT2D eigenvalue weighted by Gasteiger charge is -2.15. The first-order chi connectivity index (χ1) is 11.0. The molecule has 1 saturated heterocycles. The van der Waals surface area contributed by atoms with Crippen LogP contribution < -0.4 is 11.2 Å². The van der Waals surface area contributed by atoms with E-state index in [1.54, 1.807) is 0 Å². The monoisotopic (exact) mass is 328 g/mol. The third kappa shape index (κ3) is 4.06. The molecule has 0 aromatic carbocycles. The van der Waals surface area contributed by atoms with Crippen LogP contribution in [0.15, 0.2) is 15.8 Å². The summed E-state index contributed by atoms with van der Waals surface area (Å²) in [5.74, 6) is -0.372. The largest absolute Gasteiger partial charge is 0.469 e. The summed E-state index contributed by atoms with van der Waals surface area (Å²) in [6.45, 7) is -0.359. The van der Waals surface area contributed by atoms with Crippen LogP contribution in [0.1, 0.15) is 31.1 Å². The van der Waals surface area contributed by atoms with Gasteiger partial charge >= 0.3 is 11.7 Å². The van der Waals surface area contributed by atoms with Crippen LogP contribution in [0, 0.1) is 0 Å². The molecule has 0 aliphatic carbocycles. The first-order valence-corrected chi connectivity index (χ1v) is 7.31. The number of hydrogen-bond acceptors (Lipinski definition) is 7. The van der Waals surface area contributed by atoms with Crippen LogP contribution in [-0.2, 0) is 20.7 Å². The maximum Gasteiger partial charge on any atom is 0.330 e. The average Bonchev–Trinajstić information content (AvgIpc) is 2.89. The number of aryl methyl sites for hydroxylation is 1. The molecule has 0 saturated carbocycles. The van der Waals surface area contributed by atoms with Gasteiger partial charge in [-0.25, -0.2) is 4.79 Å². The number of nitrogens with zero attached hydrogens (tertiary/aromatic N) is 1. The number of aromatic amines is 1. The van der Waals surface area contributed by atoms with Crippen molar-refractivity contribution in [2.45, 2.75) is 44.1 Å². The SMILES string of the molecule is COC(=O)CCCc1cn([C@H]2C[C@H](O)[C@@H](CO)O2)c(=O)[nH]c1=O. The molecule has 1 aromatic rings. The highest BCUT2D eigenvalue weighted by molar-refractivity contribution is 5.69. The molecule has 0 amide bonds. The van der Waals surface area contributed by atoms with Crippen molar-refractivity contribution >= 4 is 5.97 Å². The zero-order valence-corrected chi connectivity index (χ0v) is 12.7.